The van der Waals surface area contributed by atoms with Crippen LogP contribution in [-0.4, -0.2) is 53.4 Å². The second-order valence-electron chi connectivity index (χ2n) is 6.36. The fourth-order valence-electron chi connectivity index (χ4n) is 3.02. The first kappa shape index (κ1) is 23.3. The summed E-state index contributed by atoms with van der Waals surface area (Å²) in [5.41, 5.74) is 3.88. The average molecular weight is 424 g/mol. The van der Waals surface area contributed by atoms with Gasteiger partial charge in [0.1, 0.15) is 0 Å². The van der Waals surface area contributed by atoms with Crippen LogP contribution in [0.25, 0.3) is 0 Å². The van der Waals surface area contributed by atoms with Gasteiger partial charge in [-0.3, -0.25) is 14.2 Å². The lowest BCUT2D eigenvalue weighted by Crippen LogP contribution is -2.51. The van der Waals surface area contributed by atoms with Crippen molar-refractivity contribution >= 4 is 28.3 Å². The molecule has 0 saturated carbocycles. The van der Waals surface area contributed by atoms with Crippen LogP contribution in [0.5, 0.6) is 0 Å². The molecule has 1 amide bonds. The van der Waals surface area contributed by atoms with Crippen molar-refractivity contribution in [2.45, 2.75) is 36.6 Å². The minimum absolute atomic E-state index is 0. The van der Waals surface area contributed by atoms with Gasteiger partial charge in [0.25, 0.3) is 5.56 Å². The van der Waals surface area contributed by atoms with E-state index in [4.69, 9.17) is 5.73 Å². The fourth-order valence-corrected chi connectivity index (χ4v) is 4.87. The van der Waals surface area contributed by atoms with Crippen LogP contribution >= 0.6 is 12.4 Å². The normalized spacial score (nSPS) is 18.0. The highest BCUT2D eigenvalue weighted by atomic mass is 35.5. The van der Waals surface area contributed by atoms with Crippen LogP contribution < -0.4 is 22.3 Å². The molecule has 0 aromatic carbocycles. The van der Waals surface area contributed by atoms with Gasteiger partial charge in [-0.1, -0.05) is 6.42 Å². The number of piperidine rings is 1. The third-order valence-electron chi connectivity index (χ3n) is 4.48. The van der Waals surface area contributed by atoms with Crippen molar-refractivity contribution in [1.29, 1.82) is 0 Å². The second kappa shape index (κ2) is 9.49. The Labute approximate surface area is 163 Å². The molecule has 12 heteroatoms. The maximum absolute atomic E-state index is 13.1. The van der Waals surface area contributed by atoms with Gasteiger partial charge in [-0.05, 0) is 12.8 Å². The maximum Gasteiger partial charge on any atom is 0.330 e. The molecule has 0 aliphatic carbocycles. The van der Waals surface area contributed by atoms with Crippen LogP contribution in [0.2, 0.25) is 0 Å². The highest BCUT2D eigenvalue weighted by molar-refractivity contribution is 7.89. The molecule has 154 valence electrons. The Morgan fingerprint density at radius 1 is 1.30 bits per heavy atom. The Bertz CT molecular complexity index is 895. The number of halogens is 1. The molecule has 1 aliphatic heterocycles. The smallest absolute Gasteiger partial charge is 0.330 e. The first-order chi connectivity index (χ1) is 12.2. The molecule has 1 fully saturated rings. The van der Waals surface area contributed by atoms with E-state index < -0.39 is 32.2 Å². The molecule has 3 N–H and O–H groups in total. The van der Waals surface area contributed by atoms with E-state index in [1.807, 2.05) is 0 Å². The van der Waals surface area contributed by atoms with Crippen molar-refractivity contribution in [3.63, 3.8) is 0 Å². The zero-order chi connectivity index (χ0) is 19.5. The second-order valence-corrected chi connectivity index (χ2v) is 8.22. The lowest BCUT2D eigenvalue weighted by atomic mass is 10.1. The van der Waals surface area contributed by atoms with Gasteiger partial charge in [0.15, 0.2) is 4.90 Å². The third kappa shape index (κ3) is 4.98. The molecular weight excluding hydrogens is 398 g/mol. The van der Waals surface area contributed by atoms with Crippen LogP contribution in [-0.2, 0) is 28.9 Å². The van der Waals surface area contributed by atoms with Gasteiger partial charge in [-0.25, -0.2) is 13.2 Å². The molecule has 2 heterocycles. The molecule has 1 aromatic heterocycles. The topological polar surface area (TPSA) is 136 Å². The van der Waals surface area contributed by atoms with E-state index >= 15 is 0 Å². The number of sulfonamides is 1. The SMILES string of the molecule is Cl.Cn1cc(S(=O)(=O)N2CCCCC2CNC(=O)CCN)c(=O)n(C)c1=O. The lowest BCUT2D eigenvalue weighted by Gasteiger charge is -2.34. The van der Waals surface area contributed by atoms with Crippen LogP contribution in [0.4, 0.5) is 0 Å². The van der Waals surface area contributed by atoms with E-state index in [9.17, 15) is 22.8 Å². The summed E-state index contributed by atoms with van der Waals surface area (Å²) in [6.07, 6.45) is 3.29. The largest absolute Gasteiger partial charge is 0.354 e. The summed E-state index contributed by atoms with van der Waals surface area (Å²) in [4.78, 5) is 35.4. The summed E-state index contributed by atoms with van der Waals surface area (Å²) in [7, 11) is -1.47. The van der Waals surface area contributed by atoms with Gasteiger partial charge in [-0.2, -0.15) is 4.31 Å². The Morgan fingerprint density at radius 2 is 1.96 bits per heavy atom. The number of hydrogen-bond acceptors (Lipinski definition) is 6. The van der Waals surface area contributed by atoms with E-state index in [0.29, 0.717) is 12.8 Å². The zero-order valence-electron chi connectivity index (χ0n) is 15.4. The number of rotatable bonds is 6. The number of aryl methyl sites for hydroxylation is 1. The standard InChI is InChI=1S/C15H25N5O5S.ClH/c1-18-10-12(14(22)19(2)15(18)23)26(24,25)20-8-4-3-5-11(20)9-17-13(21)6-7-16;/h10-11H,3-9,16H2,1-2H3,(H,17,21);1H. The van der Waals surface area contributed by atoms with Crippen molar-refractivity contribution in [3.05, 3.63) is 27.0 Å². The van der Waals surface area contributed by atoms with Crippen LogP contribution in [0.1, 0.15) is 25.7 Å². The number of hydrogen-bond donors (Lipinski definition) is 2. The molecule has 1 saturated heterocycles. The third-order valence-corrected chi connectivity index (χ3v) is 6.42. The molecule has 1 atom stereocenters. The number of nitrogens with one attached hydrogen (secondary N) is 1. The number of carbonyl (C=O) groups excluding carboxylic acids is 1. The Kier molecular flexibility index (Phi) is 8.21. The number of amides is 1. The van der Waals surface area contributed by atoms with E-state index in [1.54, 1.807) is 0 Å². The van der Waals surface area contributed by atoms with E-state index in [2.05, 4.69) is 5.32 Å². The Morgan fingerprint density at radius 3 is 2.59 bits per heavy atom. The number of nitrogens with two attached hydrogens (primary N) is 1. The molecule has 10 nitrogen and oxygen atoms in total. The summed E-state index contributed by atoms with van der Waals surface area (Å²) < 4.78 is 29.2. The summed E-state index contributed by atoms with van der Waals surface area (Å²) in [6.45, 7) is 0.627. The monoisotopic (exact) mass is 423 g/mol. The molecule has 1 unspecified atom stereocenters. The minimum atomic E-state index is -4.10. The molecule has 0 spiro atoms. The summed E-state index contributed by atoms with van der Waals surface area (Å²) in [6, 6.07) is -0.447. The number of carbonyl (C=O) groups is 1. The first-order valence-electron chi connectivity index (χ1n) is 8.45. The molecule has 27 heavy (non-hydrogen) atoms. The van der Waals surface area contributed by atoms with Crippen molar-refractivity contribution in [2.75, 3.05) is 19.6 Å². The summed E-state index contributed by atoms with van der Waals surface area (Å²) in [5.74, 6) is -0.242. The van der Waals surface area contributed by atoms with Gasteiger partial charge >= 0.3 is 5.69 Å². The van der Waals surface area contributed by atoms with Crippen molar-refractivity contribution in [2.24, 2.45) is 19.8 Å². The Balaban J connectivity index is 0.00000364. The Hall–Kier alpha value is -1.69. The molecule has 2 rings (SSSR count). The fraction of sp³-hybridized carbons (Fsp3) is 0.667. The predicted octanol–water partition coefficient (Wildman–Crippen LogP) is -1.49. The molecule has 0 radical (unpaired) electrons. The highest BCUT2D eigenvalue weighted by Gasteiger charge is 2.36. The highest BCUT2D eigenvalue weighted by Crippen LogP contribution is 2.23. The van der Waals surface area contributed by atoms with Crippen molar-refractivity contribution < 1.29 is 13.2 Å². The number of aromatic nitrogens is 2. The van der Waals surface area contributed by atoms with Crippen LogP contribution in [0.15, 0.2) is 20.7 Å². The summed E-state index contributed by atoms with van der Waals surface area (Å²) in [5, 5.41) is 2.69. The van der Waals surface area contributed by atoms with Crippen molar-refractivity contribution in [3.8, 4) is 0 Å². The predicted molar refractivity (Wildman–Crippen MR) is 102 cm³/mol. The maximum atomic E-state index is 13.1. The summed E-state index contributed by atoms with van der Waals surface area (Å²) >= 11 is 0. The van der Waals surface area contributed by atoms with Gasteiger partial charge in [0, 0.05) is 52.4 Å². The molecular formula is C15H26ClN5O5S. The van der Waals surface area contributed by atoms with Gasteiger partial charge < -0.3 is 15.6 Å². The molecule has 1 aromatic rings. The van der Waals surface area contributed by atoms with Gasteiger partial charge in [0.05, 0.1) is 0 Å². The average Bonchev–Trinajstić information content (AvgIpc) is 2.61. The molecule has 1 aliphatic rings. The molecule has 0 bridgehead atoms. The lowest BCUT2D eigenvalue weighted by molar-refractivity contribution is -0.121. The van der Waals surface area contributed by atoms with E-state index in [1.165, 1.54) is 18.4 Å². The first-order valence-corrected chi connectivity index (χ1v) is 9.89. The van der Waals surface area contributed by atoms with Gasteiger partial charge in [0.2, 0.25) is 15.9 Å². The van der Waals surface area contributed by atoms with Gasteiger partial charge in [-0.15, -0.1) is 12.4 Å². The number of nitrogens with zero attached hydrogens (tertiary/aromatic N) is 3. The minimum Gasteiger partial charge on any atom is -0.354 e. The van der Waals surface area contributed by atoms with Crippen LogP contribution in [0.3, 0.4) is 0 Å². The van der Waals surface area contributed by atoms with Crippen molar-refractivity contribution in [1.82, 2.24) is 18.8 Å². The zero-order valence-corrected chi connectivity index (χ0v) is 17.0. The van der Waals surface area contributed by atoms with E-state index in [-0.39, 0.29) is 44.4 Å². The van der Waals surface area contributed by atoms with E-state index in [0.717, 1.165) is 21.8 Å². The van der Waals surface area contributed by atoms with Crippen LogP contribution in [0, 0.1) is 0 Å². The quantitative estimate of drug-likeness (QED) is 0.572.